The molecule has 116 valence electrons. The van der Waals surface area contributed by atoms with Crippen molar-refractivity contribution in [2.45, 2.75) is 62.0 Å². The number of aromatic nitrogens is 2. The minimum absolute atomic E-state index is 0.163. The van der Waals surface area contributed by atoms with Gasteiger partial charge in [-0.05, 0) is 46.1 Å². The van der Waals surface area contributed by atoms with E-state index in [0.29, 0.717) is 5.25 Å². The van der Waals surface area contributed by atoms with E-state index < -0.39 is 5.54 Å². The summed E-state index contributed by atoms with van der Waals surface area (Å²) in [6, 6.07) is 2.13. The number of carbonyl (C=O) groups excluding carboxylic acids is 1. The van der Waals surface area contributed by atoms with E-state index in [1.165, 1.54) is 7.11 Å². The third-order valence-electron chi connectivity index (χ3n) is 3.66. The van der Waals surface area contributed by atoms with Crippen LogP contribution in [-0.4, -0.2) is 39.9 Å². The van der Waals surface area contributed by atoms with Crippen molar-refractivity contribution in [3.05, 3.63) is 18.0 Å². The van der Waals surface area contributed by atoms with Gasteiger partial charge in [-0.3, -0.25) is 10.1 Å². The fourth-order valence-electron chi connectivity index (χ4n) is 2.86. The molecule has 0 radical (unpaired) electrons. The van der Waals surface area contributed by atoms with Gasteiger partial charge in [0.25, 0.3) is 0 Å². The predicted octanol–water partition coefficient (Wildman–Crippen LogP) is 2.34. The zero-order valence-corrected chi connectivity index (χ0v) is 13.9. The Kier molecular flexibility index (Phi) is 5.22. The highest BCUT2D eigenvalue weighted by molar-refractivity contribution is 7.99. The molecule has 6 heteroatoms. The van der Waals surface area contributed by atoms with Crippen LogP contribution in [0.1, 0.15) is 38.8 Å². The lowest BCUT2D eigenvalue weighted by atomic mass is 9.97. The van der Waals surface area contributed by atoms with Gasteiger partial charge in [0.15, 0.2) is 5.16 Å². The molecule has 0 saturated heterocycles. The van der Waals surface area contributed by atoms with Gasteiger partial charge in [-0.25, -0.2) is 9.97 Å². The third kappa shape index (κ3) is 3.95. The van der Waals surface area contributed by atoms with Crippen LogP contribution in [0.5, 0.6) is 0 Å². The van der Waals surface area contributed by atoms with E-state index >= 15 is 0 Å². The van der Waals surface area contributed by atoms with Crippen molar-refractivity contribution in [2.75, 3.05) is 7.11 Å². The van der Waals surface area contributed by atoms with Crippen molar-refractivity contribution < 1.29 is 9.53 Å². The number of thioether (sulfide) groups is 1. The Labute approximate surface area is 130 Å². The number of nitrogens with one attached hydrogen (secondary N) is 1. The van der Waals surface area contributed by atoms with E-state index in [2.05, 4.69) is 29.1 Å². The monoisotopic (exact) mass is 309 g/mol. The lowest BCUT2D eigenvalue weighted by Crippen LogP contribution is -2.53. The zero-order chi connectivity index (χ0) is 15.5. The molecule has 5 nitrogen and oxygen atoms in total. The average Bonchev–Trinajstić information content (AvgIpc) is 2.81. The molecule has 1 aliphatic carbocycles. The second kappa shape index (κ2) is 6.75. The summed E-state index contributed by atoms with van der Waals surface area (Å²) in [5, 5.41) is 4.52. The molecule has 1 saturated carbocycles. The summed E-state index contributed by atoms with van der Waals surface area (Å²) >= 11 is 1.65. The van der Waals surface area contributed by atoms with E-state index in [1.54, 1.807) is 18.0 Å². The van der Waals surface area contributed by atoms with E-state index in [1.807, 2.05) is 13.0 Å². The number of rotatable bonds is 5. The normalized spacial score (nSPS) is 25.3. The molecule has 1 aliphatic rings. The average molecular weight is 309 g/mol. The highest BCUT2D eigenvalue weighted by atomic mass is 32.2. The highest BCUT2D eigenvalue weighted by Gasteiger charge is 2.47. The first kappa shape index (κ1) is 16.2. The lowest BCUT2D eigenvalue weighted by Gasteiger charge is -2.30. The first-order valence-corrected chi connectivity index (χ1v) is 8.15. The van der Waals surface area contributed by atoms with Crippen LogP contribution in [0.25, 0.3) is 0 Å². The maximum absolute atomic E-state index is 12.2. The minimum Gasteiger partial charge on any atom is -0.468 e. The summed E-state index contributed by atoms with van der Waals surface area (Å²) in [6.07, 6.45) is 4.28. The topological polar surface area (TPSA) is 64.1 Å². The van der Waals surface area contributed by atoms with Crippen molar-refractivity contribution in [2.24, 2.45) is 0 Å². The van der Waals surface area contributed by atoms with Gasteiger partial charge < -0.3 is 4.74 Å². The molecule has 0 spiro atoms. The van der Waals surface area contributed by atoms with Crippen molar-refractivity contribution in [1.82, 2.24) is 15.3 Å². The number of carbonyl (C=O) groups is 1. The van der Waals surface area contributed by atoms with Gasteiger partial charge in [-0.15, -0.1) is 0 Å². The molecule has 1 N–H and O–H groups in total. The molecular weight excluding hydrogens is 286 g/mol. The first-order valence-electron chi connectivity index (χ1n) is 7.27. The Hall–Kier alpha value is -1.14. The van der Waals surface area contributed by atoms with Crippen LogP contribution in [0, 0.1) is 6.92 Å². The maximum Gasteiger partial charge on any atom is 0.326 e. The zero-order valence-electron chi connectivity index (χ0n) is 13.0. The molecule has 0 bridgehead atoms. The molecule has 1 fully saturated rings. The van der Waals surface area contributed by atoms with Crippen LogP contribution >= 0.6 is 11.8 Å². The Morgan fingerprint density at radius 1 is 1.57 bits per heavy atom. The third-order valence-corrected chi connectivity index (χ3v) is 4.80. The Balaban J connectivity index is 2.07. The SMILES string of the molecule is COC(=O)C1(NC(C)C)CCC(Sc2nccc(C)n2)C1. The second-order valence-corrected chi connectivity index (χ2v) is 7.10. The van der Waals surface area contributed by atoms with Gasteiger partial charge in [0.05, 0.1) is 7.11 Å². The van der Waals surface area contributed by atoms with Crippen LogP contribution in [-0.2, 0) is 9.53 Å². The van der Waals surface area contributed by atoms with Gasteiger partial charge in [0.2, 0.25) is 0 Å². The van der Waals surface area contributed by atoms with Gasteiger partial charge in [-0.2, -0.15) is 0 Å². The molecule has 2 unspecified atom stereocenters. The van der Waals surface area contributed by atoms with E-state index in [0.717, 1.165) is 30.1 Å². The summed E-state index contributed by atoms with van der Waals surface area (Å²) in [5.74, 6) is -0.163. The van der Waals surface area contributed by atoms with Crippen LogP contribution < -0.4 is 5.32 Å². The van der Waals surface area contributed by atoms with E-state index in [4.69, 9.17) is 4.74 Å². The Morgan fingerprint density at radius 2 is 2.33 bits per heavy atom. The number of ether oxygens (including phenoxy) is 1. The predicted molar refractivity (Wildman–Crippen MR) is 83.3 cm³/mol. The largest absolute Gasteiger partial charge is 0.468 e. The molecular formula is C15H23N3O2S. The van der Waals surface area contributed by atoms with Crippen LogP contribution in [0.3, 0.4) is 0 Å². The first-order chi connectivity index (χ1) is 9.95. The highest BCUT2D eigenvalue weighted by Crippen LogP contribution is 2.40. The summed E-state index contributed by atoms with van der Waals surface area (Å²) < 4.78 is 5.01. The number of hydrogen-bond acceptors (Lipinski definition) is 6. The Bertz CT molecular complexity index is 509. The molecule has 1 heterocycles. The van der Waals surface area contributed by atoms with Gasteiger partial charge in [-0.1, -0.05) is 11.8 Å². The maximum atomic E-state index is 12.2. The number of esters is 1. The summed E-state index contributed by atoms with van der Waals surface area (Å²) in [7, 11) is 1.45. The van der Waals surface area contributed by atoms with Crippen LogP contribution in [0.4, 0.5) is 0 Å². The van der Waals surface area contributed by atoms with Crippen molar-refractivity contribution in [3.63, 3.8) is 0 Å². The summed E-state index contributed by atoms with van der Waals surface area (Å²) in [6.45, 7) is 6.06. The fraction of sp³-hybridized carbons (Fsp3) is 0.667. The molecule has 0 amide bonds. The standard InChI is InChI=1S/C15H23N3O2S/c1-10(2)18-15(13(19)20-4)7-5-12(9-15)21-14-16-8-6-11(3)17-14/h6,8,10,12,18H,5,7,9H2,1-4H3. The minimum atomic E-state index is -0.565. The van der Waals surface area contributed by atoms with Crippen LogP contribution in [0.15, 0.2) is 17.4 Å². The van der Waals surface area contributed by atoms with Gasteiger partial charge in [0.1, 0.15) is 5.54 Å². The quantitative estimate of drug-likeness (QED) is 0.665. The summed E-state index contributed by atoms with van der Waals surface area (Å²) in [5.41, 5.74) is 0.398. The van der Waals surface area contributed by atoms with Crippen molar-refractivity contribution >= 4 is 17.7 Å². The molecule has 21 heavy (non-hydrogen) atoms. The molecule has 0 aromatic carbocycles. The fourth-order valence-corrected chi connectivity index (χ4v) is 4.08. The van der Waals surface area contributed by atoms with E-state index in [-0.39, 0.29) is 12.0 Å². The number of nitrogens with zero attached hydrogens (tertiary/aromatic N) is 2. The van der Waals surface area contributed by atoms with Crippen molar-refractivity contribution in [1.29, 1.82) is 0 Å². The molecule has 2 atom stereocenters. The number of hydrogen-bond donors (Lipinski definition) is 1. The number of aryl methyl sites for hydroxylation is 1. The van der Waals surface area contributed by atoms with Gasteiger partial charge >= 0.3 is 5.97 Å². The molecule has 0 aliphatic heterocycles. The van der Waals surface area contributed by atoms with E-state index in [9.17, 15) is 4.79 Å². The smallest absolute Gasteiger partial charge is 0.326 e. The summed E-state index contributed by atoms with van der Waals surface area (Å²) in [4.78, 5) is 20.9. The number of methoxy groups -OCH3 is 1. The Morgan fingerprint density at radius 3 is 2.95 bits per heavy atom. The molecule has 1 aromatic heterocycles. The second-order valence-electron chi connectivity index (χ2n) is 5.84. The molecule has 1 aromatic rings. The van der Waals surface area contributed by atoms with Gasteiger partial charge in [0, 0.05) is 23.2 Å². The lowest BCUT2D eigenvalue weighted by molar-refractivity contribution is -0.148. The van der Waals surface area contributed by atoms with Crippen molar-refractivity contribution in [3.8, 4) is 0 Å². The molecule has 2 rings (SSSR count). The van der Waals surface area contributed by atoms with Crippen LogP contribution in [0.2, 0.25) is 0 Å².